The van der Waals surface area contributed by atoms with Gasteiger partial charge in [0, 0.05) is 18.5 Å². The van der Waals surface area contributed by atoms with Gasteiger partial charge in [-0.05, 0) is 48.4 Å². The van der Waals surface area contributed by atoms with Crippen molar-refractivity contribution >= 4 is 35.1 Å². The van der Waals surface area contributed by atoms with Crippen LogP contribution in [0.25, 0.3) is 0 Å². The first-order valence-corrected chi connectivity index (χ1v) is 11.9. The highest BCUT2D eigenvalue weighted by atomic mass is 35.5. The first-order chi connectivity index (χ1) is 16.6. The number of aromatic nitrogens is 2. The molecule has 0 bridgehead atoms. The van der Waals surface area contributed by atoms with E-state index in [1.807, 2.05) is 37.3 Å². The number of nitriles is 1. The Balaban J connectivity index is 1.80. The molecule has 0 saturated heterocycles. The van der Waals surface area contributed by atoms with E-state index in [9.17, 15) is 10.1 Å². The van der Waals surface area contributed by atoms with Gasteiger partial charge in [-0.2, -0.15) is 5.26 Å². The Bertz CT molecular complexity index is 1240. The summed E-state index contributed by atoms with van der Waals surface area (Å²) in [6.07, 6.45) is 1.22. The zero-order valence-corrected chi connectivity index (χ0v) is 21.4. The maximum atomic E-state index is 11.3. The van der Waals surface area contributed by atoms with Crippen molar-refractivity contribution in [1.29, 1.82) is 5.26 Å². The van der Waals surface area contributed by atoms with Crippen LogP contribution < -0.4 is 14.8 Å². The molecule has 1 aromatic heterocycles. The summed E-state index contributed by atoms with van der Waals surface area (Å²) in [7, 11) is 0. The van der Waals surface area contributed by atoms with Gasteiger partial charge in [0.25, 0.3) is 0 Å². The summed E-state index contributed by atoms with van der Waals surface area (Å²) in [6, 6.07) is 15.2. The third-order valence-electron chi connectivity index (χ3n) is 5.48. The Morgan fingerprint density at radius 3 is 2.54 bits per heavy atom. The highest BCUT2D eigenvalue weighted by molar-refractivity contribution is 6.32. The Labute approximate surface area is 215 Å². The molecular formula is C26H26Cl2N4O3. The van der Waals surface area contributed by atoms with Crippen LogP contribution in [0.5, 0.6) is 11.5 Å². The highest BCUT2D eigenvalue weighted by Gasteiger charge is 2.26. The van der Waals surface area contributed by atoms with Crippen LogP contribution >= 0.6 is 23.2 Å². The zero-order valence-electron chi connectivity index (χ0n) is 19.9. The number of nitrogens with zero attached hydrogens (tertiary/aromatic N) is 3. The molecule has 35 heavy (non-hydrogen) atoms. The molecule has 0 spiro atoms. The number of anilines is 1. The highest BCUT2D eigenvalue weighted by Crippen LogP contribution is 2.38. The minimum atomic E-state index is -0.440. The number of alkyl halides is 1. The fraction of sp³-hybridized carbons (Fsp3) is 0.308. The van der Waals surface area contributed by atoms with E-state index in [1.165, 1.54) is 6.92 Å². The van der Waals surface area contributed by atoms with Crippen LogP contribution in [0, 0.1) is 11.3 Å². The Morgan fingerprint density at radius 2 is 1.91 bits per heavy atom. The topological polar surface area (TPSA) is 97.1 Å². The van der Waals surface area contributed by atoms with Crippen LogP contribution in [-0.4, -0.2) is 28.4 Å². The van der Waals surface area contributed by atoms with Gasteiger partial charge in [-0.3, -0.25) is 10.1 Å². The van der Waals surface area contributed by atoms with Gasteiger partial charge in [0.15, 0.2) is 5.75 Å². The van der Waals surface area contributed by atoms with Crippen molar-refractivity contribution < 1.29 is 14.3 Å². The number of halogens is 2. The molecule has 0 saturated carbocycles. The summed E-state index contributed by atoms with van der Waals surface area (Å²) in [5, 5.41) is 12.5. The molecule has 0 aliphatic rings. The van der Waals surface area contributed by atoms with Crippen LogP contribution in [0.4, 0.5) is 5.95 Å². The quantitative estimate of drug-likeness (QED) is 0.350. The first kappa shape index (κ1) is 26.3. The largest absolute Gasteiger partial charge is 0.489 e. The van der Waals surface area contributed by atoms with E-state index in [1.54, 1.807) is 18.3 Å². The molecule has 0 fully saturated rings. The summed E-state index contributed by atoms with van der Waals surface area (Å²) in [4.78, 5) is 19.6. The molecule has 3 rings (SSSR count). The van der Waals surface area contributed by atoms with Crippen LogP contribution in [0.2, 0.25) is 5.02 Å². The van der Waals surface area contributed by atoms with E-state index >= 15 is 0 Å². The molecule has 2 aromatic carbocycles. The summed E-state index contributed by atoms with van der Waals surface area (Å²) in [5.41, 5.74) is 2.46. The van der Waals surface area contributed by atoms with Crippen molar-refractivity contribution in [2.45, 2.75) is 39.2 Å². The maximum Gasteiger partial charge on any atom is 0.229 e. The molecule has 182 valence electrons. The predicted octanol–water partition coefficient (Wildman–Crippen LogP) is 6.04. The van der Waals surface area contributed by atoms with Crippen molar-refractivity contribution in [2.24, 2.45) is 0 Å². The van der Waals surface area contributed by atoms with Crippen molar-refractivity contribution in [2.75, 3.05) is 17.8 Å². The molecule has 1 unspecified atom stereocenters. The van der Waals surface area contributed by atoms with Gasteiger partial charge in [-0.15, -0.1) is 11.6 Å². The van der Waals surface area contributed by atoms with Crippen molar-refractivity contribution in [3.63, 3.8) is 0 Å². The average Bonchev–Trinajstić information content (AvgIpc) is 2.83. The van der Waals surface area contributed by atoms with Gasteiger partial charge < -0.3 is 9.47 Å². The molecule has 1 atom stereocenters. The van der Waals surface area contributed by atoms with Crippen LogP contribution in [0.3, 0.4) is 0 Å². The normalized spacial score (nSPS) is 11.9. The minimum absolute atomic E-state index is 0.233. The maximum absolute atomic E-state index is 11.3. The molecule has 1 heterocycles. The number of ether oxygens (including phenoxy) is 2. The number of hydrogen-bond donors (Lipinski definition) is 1. The number of amides is 1. The van der Waals surface area contributed by atoms with E-state index in [4.69, 9.17) is 32.7 Å². The van der Waals surface area contributed by atoms with Crippen molar-refractivity contribution in [3.8, 4) is 17.6 Å². The van der Waals surface area contributed by atoms with E-state index in [0.717, 1.165) is 11.1 Å². The SMILES string of the molecule is CC(=O)Nc1nccc(C(C)Oc2ccc(C(C)(C)c3cc(Cl)c(OCCCl)c(C#N)c3)cc2)n1. The lowest BCUT2D eigenvalue weighted by Gasteiger charge is -2.27. The molecule has 9 heteroatoms. The average molecular weight is 513 g/mol. The van der Waals surface area contributed by atoms with Gasteiger partial charge in [0.05, 0.1) is 22.2 Å². The molecule has 1 amide bonds. The van der Waals surface area contributed by atoms with Crippen LogP contribution in [-0.2, 0) is 10.2 Å². The van der Waals surface area contributed by atoms with E-state index in [-0.39, 0.29) is 24.6 Å². The molecular weight excluding hydrogens is 487 g/mol. The van der Waals surface area contributed by atoms with E-state index < -0.39 is 5.41 Å². The number of rotatable bonds is 9. The number of benzene rings is 2. The van der Waals surface area contributed by atoms with Crippen molar-refractivity contribution in [3.05, 3.63) is 76.1 Å². The molecule has 0 radical (unpaired) electrons. The Kier molecular flexibility index (Phi) is 8.55. The van der Waals surface area contributed by atoms with Gasteiger partial charge in [-0.25, -0.2) is 9.97 Å². The molecule has 1 N–H and O–H groups in total. The predicted molar refractivity (Wildman–Crippen MR) is 136 cm³/mol. The van der Waals surface area contributed by atoms with Gasteiger partial charge >= 0.3 is 0 Å². The van der Waals surface area contributed by atoms with Crippen LogP contribution in [0.1, 0.15) is 56.2 Å². The molecule has 3 aromatic rings. The standard InChI is InChI=1S/C26H26Cl2N4O3/c1-16(23-9-11-30-25(32-23)31-17(2)33)35-21-7-5-19(6-8-21)26(3,4)20-13-18(15-29)24(22(28)14-20)34-12-10-27/h5-9,11,13-14,16H,10,12H2,1-4H3,(H,30,31,32,33). The monoisotopic (exact) mass is 512 g/mol. The number of nitrogens with one attached hydrogen (secondary N) is 1. The first-order valence-electron chi connectivity index (χ1n) is 11.0. The Morgan fingerprint density at radius 1 is 1.20 bits per heavy atom. The second kappa shape index (κ2) is 11.4. The second-order valence-electron chi connectivity index (χ2n) is 8.38. The summed E-state index contributed by atoms with van der Waals surface area (Å²) >= 11 is 12.2. The number of carbonyl (C=O) groups is 1. The lowest BCUT2D eigenvalue weighted by molar-refractivity contribution is -0.114. The Hall–Kier alpha value is -3.34. The zero-order chi connectivity index (χ0) is 25.6. The number of carbonyl (C=O) groups excluding carboxylic acids is 1. The third-order valence-corrected chi connectivity index (χ3v) is 5.91. The van der Waals surface area contributed by atoms with Crippen molar-refractivity contribution in [1.82, 2.24) is 9.97 Å². The third kappa shape index (κ3) is 6.41. The fourth-order valence-corrected chi connectivity index (χ4v) is 3.87. The second-order valence-corrected chi connectivity index (χ2v) is 9.16. The lowest BCUT2D eigenvalue weighted by Crippen LogP contribution is -2.19. The fourth-order valence-electron chi connectivity index (χ4n) is 3.52. The van der Waals surface area contributed by atoms with E-state index in [2.05, 4.69) is 35.2 Å². The summed E-state index contributed by atoms with van der Waals surface area (Å²) in [6.45, 7) is 7.65. The number of hydrogen-bond acceptors (Lipinski definition) is 6. The van der Waals surface area contributed by atoms with Gasteiger partial charge in [0.1, 0.15) is 24.5 Å². The lowest BCUT2D eigenvalue weighted by atomic mass is 9.77. The van der Waals surface area contributed by atoms with Gasteiger partial charge in [0.2, 0.25) is 11.9 Å². The van der Waals surface area contributed by atoms with E-state index in [0.29, 0.717) is 33.7 Å². The minimum Gasteiger partial charge on any atom is -0.489 e. The van der Waals surface area contributed by atoms with Gasteiger partial charge in [-0.1, -0.05) is 37.6 Å². The smallest absolute Gasteiger partial charge is 0.229 e. The summed E-state index contributed by atoms with van der Waals surface area (Å²) < 4.78 is 11.6. The molecule has 0 aliphatic carbocycles. The molecule has 0 aliphatic heterocycles. The summed E-state index contributed by atoms with van der Waals surface area (Å²) in [5.74, 6) is 1.30. The molecule has 7 nitrogen and oxygen atoms in total. The van der Waals surface area contributed by atoms with Crippen LogP contribution in [0.15, 0.2) is 48.7 Å².